The van der Waals surface area contributed by atoms with Gasteiger partial charge < -0.3 is 5.11 Å². The fourth-order valence-corrected chi connectivity index (χ4v) is 4.37. The topological polar surface area (TPSA) is 74.6 Å². The van der Waals surface area contributed by atoms with Crippen LogP contribution in [0.5, 0.6) is 0 Å². The molecule has 5 heteroatoms. The van der Waals surface area contributed by atoms with Crippen molar-refractivity contribution in [1.82, 2.24) is 0 Å². The molecule has 176 valence electrons. The Kier molecular flexibility index (Phi) is 19.7. The lowest BCUT2D eigenvalue weighted by atomic mass is 10.0. The molecule has 0 bridgehead atoms. The number of hydrogen-bond donors (Lipinski definition) is 2. The van der Waals surface area contributed by atoms with Crippen molar-refractivity contribution in [3.8, 4) is 0 Å². The summed E-state index contributed by atoms with van der Waals surface area (Å²) in [5.41, 5.74) is 0. The van der Waals surface area contributed by atoms with E-state index in [0.29, 0.717) is 6.42 Å². The van der Waals surface area contributed by atoms with Crippen LogP contribution in [0.4, 0.5) is 0 Å². The second kappa shape index (κ2) is 19.8. The summed E-state index contributed by atoms with van der Waals surface area (Å²) in [6.07, 6.45) is 24.1. The molecule has 2 atom stereocenters. The summed E-state index contributed by atoms with van der Waals surface area (Å²) in [4.78, 5) is 0. The normalized spacial score (nSPS) is 14.2. The molecule has 0 amide bonds. The summed E-state index contributed by atoms with van der Waals surface area (Å²) in [6, 6.07) is 0. The molecule has 0 rings (SSSR count). The molecule has 0 aromatic heterocycles. The zero-order valence-corrected chi connectivity index (χ0v) is 20.2. The van der Waals surface area contributed by atoms with Crippen LogP contribution in [0.25, 0.3) is 0 Å². The van der Waals surface area contributed by atoms with Crippen LogP contribution in [0, 0.1) is 0 Å². The highest BCUT2D eigenvalue weighted by Crippen LogP contribution is 2.16. The molecule has 0 aliphatic carbocycles. The average molecular weight is 435 g/mol. The Morgan fingerprint density at radius 1 is 0.621 bits per heavy atom. The lowest BCUT2D eigenvalue weighted by Crippen LogP contribution is -2.23. The zero-order chi connectivity index (χ0) is 21.8. The fraction of sp³-hybridized carbons (Fsp3) is 1.00. The second-order valence-corrected chi connectivity index (χ2v) is 10.8. The maximum atomic E-state index is 11.0. The highest BCUT2D eigenvalue weighted by atomic mass is 32.2. The van der Waals surface area contributed by atoms with Gasteiger partial charge in [0.2, 0.25) is 0 Å². The Morgan fingerprint density at radius 3 is 1.24 bits per heavy atom. The Hall–Kier alpha value is -0.130. The van der Waals surface area contributed by atoms with Crippen molar-refractivity contribution < 1.29 is 18.1 Å². The Balaban J connectivity index is 3.22. The zero-order valence-electron chi connectivity index (χ0n) is 19.4. The first kappa shape index (κ1) is 28.9. The van der Waals surface area contributed by atoms with Crippen LogP contribution in [0.15, 0.2) is 0 Å². The smallest absolute Gasteiger partial charge is 0.267 e. The predicted molar refractivity (Wildman–Crippen MR) is 125 cm³/mol. The molecule has 2 unspecified atom stereocenters. The van der Waals surface area contributed by atoms with Crippen LogP contribution in [-0.2, 0) is 10.1 Å². The van der Waals surface area contributed by atoms with Crippen LogP contribution < -0.4 is 0 Å². The molecule has 0 saturated heterocycles. The van der Waals surface area contributed by atoms with Crippen molar-refractivity contribution in [2.24, 2.45) is 0 Å². The molecule has 0 spiro atoms. The number of aliphatic hydroxyl groups is 1. The predicted octanol–water partition coefficient (Wildman–Crippen LogP) is 7.45. The first-order valence-electron chi connectivity index (χ1n) is 12.5. The van der Waals surface area contributed by atoms with Gasteiger partial charge in [0.15, 0.2) is 0 Å². The third kappa shape index (κ3) is 20.9. The minimum Gasteiger partial charge on any atom is -0.393 e. The van der Waals surface area contributed by atoms with Gasteiger partial charge in [-0.3, -0.25) is 4.55 Å². The summed E-state index contributed by atoms with van der Waals surface area (Å²) >= 11 is 0. The van der Waals surface area contributed by atoms with Gasteiger partial charge in [-0.15, -0.1) is 0 Å². The Morgan fingerprint density at radius 2 is 0.931 bits per heavy atom. The highest BCUT2D eigenvalue weighted by molar-refractivity contribution is 7.86. The monoisotopic (exact) mass is 434 g/mol. The molecule has 0 heterocycles. The van der Waals surface area contributed by atoms with Crippen LogP contribution in [0.3, 0.4) is 0 Å². The van der Waals surface area contributed by atoms with E-state index in [1.807, 2.05) is 0 Å². The summed E-state index contributed by atoms with van der Waals surface area (Å²) in [5, 5.41) is 8.96. The van der Waals surface area contributed by atoms with E-state index in [-0.39, 0.29) is 6.42 Å². The van der Waals surface area contributed by atoms with Crippen LogP contribution in [0.2, 0.25) is 0 Å². The standard InChI is InChI=1S/C24H50O4S/c1-3-4-5-6-7-8-9-10-11-12-13-14-15-16-17-18-19-20-21-24(25)22-23(2)29(26,27)28/h23-25H,3-22H2,1-2H3,(H,26,27,28). The molecular weight excluding hydrogens is 384 g/mol. The first-order valence-corrected chi connectivity index (χ1v) is 14.0. The van der Waals surface area contributed by atoms with E-state index in [9.17, 15) is 13.5 Å². The van der Waals surface area contributed by atoms with Crippen LogP contribution in [-0.4, -0.2) is 29.4 Å². The van der Waals surface area contributed by atoms with Crippen molar-refractivity contribution >= 4 is 10.1 Å². The molecule has 0 aliphatic heterocycles. The summed E-state index contributed by atoms with van der Waals surface area (Å²) < 4.78 is 30.8. The van der Waals surface area contributed by atoms with E-state index in [1.165, 1.54) is 110 Å². The van der Waals surface area contributed by atoms with Crippen LogP contribution in [0.1, 0.15) is 142 Å². The summed E-state index contributed by atoms with van der Waals surface area (Å²) in [7, 11) is -4.02. The molecule has 0 saturated carbocycles. The van der Waals surface area contributed by atoms with Crippen molar-refractivity contribution in [2.45, 2.75) is 154 Å². The van der Waals surface area contributed by atoms with E-state index in [2.05, 4.69) is 6.92 Å². The van der Waals surface area contributed by atoms with Gasteiger partial charge in [-0.05, 0) is 19.8 Å². The lowest BCUT2D eigenvalue weighted by Gasteiger charge is -2.14. The van der Waals surface area contributed by atoms with Crippen molar-refractivity contribution in [3.63, 3.8) is 0 Å². The van der Waals surface area contributed by atoms with Crippen molar-refractivity contribution in [2.75, 3.05) is 0 Å². The SMILES string of the molecule is CCCCCCCCCCCCCCCCCCCCC(O)CC(C)S(=O)(=O)O. The number of unbranched alkanes of at least 4 members (excludes halogenated alkanes) is 17. The number of rotatable bonds is 22. The van der Waals surface area contributed by atoms with Gasteiger partial charge in [-0.2, -0.15) is 8.42 Å². The largest absolute Gasteiger partial charge is 0.393 e. The van der Waals surface area contributed by atoms with E-state index in [4.69, 9.17) is 4.55 Å². The fourth-order valence-electron chi connectivity index (χ4n) is 3.90. The average Bonchev–Trinajstić information content (AvgIpc) is 2.66. The maximum Gasteiger partial charge on any atom is 0.267 e. The van der Waals surface area contributed by atoms with E-state index < -0.39 is 21.5 Å². The molecule has 4 nitrogen and oxygen atoms in total. The molecule has 0 radical (unpaired) electrons. The van der Waals surface area contributed by atoms with Gasteiger partial charge >= 0.3 is 0 Å². The molecule has 0 fully saturated rings. The number of aliphatic hydroxyl groups excluding tert-OH is 1. The summed E-state index contributed by atoms with van der Waals surface area (Å²) in [6.45, 7) is 3.71. The van der Waals surface area contributed by atoms with Gasteiger partial charge in [0.25, 0.3) is 10.1 Å². The van der Waals surface area contributed by atoms with E-state index in [1.54, 1.807) is 0 Å². The minimum atomic E-state index is -4.02. The third-order valence-electron chi connectivity index (χ3n) is 6.00. The minimum absolute atomic E-state index is 0.123. The highest BCUT2D eigenvalue weighted by Gasteiger charge is 2.20. The van der Waals surface area contributed by atoms with Crippen molar-refractivity contribution in [3.05, 3.63) is 0 Å². The quantitative estimate of drug-likeness (QED) is 0.137. The molecule has 0 aliphatic rings. The second-order valence-electron chi connectivity index (χ2n) is 9.01. The summed E-state index contributed by atoms with van der Waals surface area (Å²) in [5.74, 6) is 0. The van der Waals surface area contributed by atoms with Crippen molar-refractivity contribution in [1.29, 1.82) is 0 Å². The van der Waals surface area contributed by atoms with Gasteiger partial charge in [0.1, 0.15) is 0 Å². The van der Waals surface area contributed by atoms with Gasteiger partial charge in [-0.25, -0.2) is 0 Å². The molecule has 0 aromatic rings. The van der Waals surface area contributed by atoms with Gasteiger partial charge in [0.05, 0.1) is 11.4 Å². The maximum absolute atomic E-state index is 11.0. The molecule has 29 heavy (non-hydrogen) atoms. The van der Waals surface area contributed by atoms with Crippen LogP contribution >= 0.6 is 0 Å². The van der Waals surface area contributed by atoms with Gasteiger partial charge in [0, 0.05) is 0 Å². The molecule has 0 aromatic carbocycles. The lowest BCUT2D eigenvalue weighted by molar-refractivity contribution is 0.149. The van der Waals surface area contributed by atoms with Gasteiger partial charge in [-0.1, -0.05) is 122 Å². The van der Waals surface area contributed by atoms with E-state index >= 15 is 0 Å². The molecular formula is C24H50O4S. The third-order valence-corrected chi connectivity index (χ3v) is 7.21. The molecule has 2 N–H and O–H groups in total. The number of hydrogen-bond acceptors (Lipinski definition) is 3. The Bertz CT molecular complexity index is 436. The van der Waals surface area contributed by atoms with E-state index in [0.717, 1.165) is 12.8 Å². The Labute approximate surface area is 182 Å². The first-order chi connectivity index (χ1) is 13.9.